The number of aryl methyl sites for hydroxylation is 2. The molecule has 88 valence electrons. The summed E-state index contributed by atoms with van der Waals surface area (Å²) in [6.07, 6.45) is 5.17. The van der Waals surface area contributed by atoms with E-state index >= 15 is 0 Å². The molecule has 0 aliphatic heterocycles. The highest BCUT2D eigenvalue weighted by atomic mass is 14.3. The van der Waals surface area contributed by atoms with Gasteiger partial charge < -0.3 is 0 Å². The average molecular weight is 216 g/mol. The highest BCUT2D eigenvalue weighted by molar-refractivity contribution is 5.37. The van der Waals surface area contributed by atoms with Crippen LogP contribution in [0.3, 0.4) is 0 Å². The average Bonchev–Trinajstić information content (AvgIpc) is 2.26. The molecule has 0 nitrogen and oxygen atoms in total. The quantitative estimate of drug-likeness (QED) is 0.637. The van der Waals surface area contributed by atoms with Crippen molar-refractivity contribution in [1.82, 2.24) is 0 Å². The van der Waals surface area contributed by atoms with Crippen molar-refractivity contribution < 1.29 is 0 Å². The van der Waals surface area contributed by atoms with E-state index in [1.807, 2.05) is 0 Å². The van der Waals surface area contributed by atoms with Crippen molar-refractivity contribution in [3.8, 4) is 0 Å². The fourth-order valence-electron chi connectivity index (χ4n) is 2.97. The Morgan fingerprint density at radius 1 is 1.25 bits per heavy atom. The van der Waals surface area contributed by atoms with Crippen LogP contribution in [0.5, 0.6) is 0 Å². The van der Waals surface area contributed by atoms with E-state index in [0.717, 1.165) is 12.3 Å². The van der Waals surface area contributed by atoms with Gasteiger partial charge in [-0.15, -0.1) is 0 Å². The smallest absolute Gasteiger partial charge is 0.0110 e. The largest absolute Gasteiger partial charge is 0.0613 e. The molecule has 1 aromatic rings. The lowest BCUT2D eigenvalue weighted by molar-refractivity contribution is 0.289. The topological polar surface area (TPSA) is 0 Å². The van der Waals surface area contributed by atoms with E-state index < -0.39 is 0 Å². The lowest BCUT2D eigenvalue weighted by Gasteiger charge is -2.36. The summed E-state index contributed by atoms with van der Waals surface area (Å²) >= 11 is 0. The molecule has 1 aliphatic rings. The molecule has 1 atom stereocenters. The zero-order valence-corrected chi connectivity index (χ0v) is 11.1. The second kappa shape index (κ2) is 4.24. The Morgan fingerprint density at radius 3 is 2.62 bits per heavy atom. The highest BCUT2D eigenvalue weighted by Crippen LogP contribution is 2.43. The number of benzene rings is 1. The van der Waals surface area contributed by atoms with Gasteiger partial charge in [-0.2, -0.15) is 0 Å². The molecule has 0 heterocycles. The lowest BCUT2D eigenvalue weighted by atomic mass is 9.69. The zero-order chi connectivity index (χ0) is 11.8. The second-order valence-corrected chi connectivity index (χ2v) is 6.20. The van der Waals surface area contributed by atoms with Gasteiger partial charge in [-0.1, -0.05) is 45.9 Å². The molecule has 16 heavy (non-hydrogen) atoms. The summed E-state index contributed by atoms with van der Waals surface area (Å²) in [5, 5.41) is 0. The maximum Gasteiger partial charge on any atom is -0.0110 e. The first-order valence-electron chi connectivity index (χ1n) is 6.64. The van der Waals surface area contributed by atoms with Crippen molar-refractivity contribution in [2.45, 2.75) is 59.3 Å². The van der Waals surface area contributed by atoms with Gasteiger partial charge in [-0.05, 0) is 53.7 Å². The fourth-order valence-corrected chi connectivity index (χ4v) is 2.97. The minimum Gasteiger partial charge on any atom is -0.0613 e. The van der Waals surface area contributed by atoms with Crippen LogP contribution in [0.4, 0.5) is 0 Å². The van der Waals surface area contributed by atoms with Gasteiger partial charge >= 0.3 is 0 Å². The molecule has 0 heteroatoms. The number of hydrogen-bond donors (Lipinski definition) is 0. The predicted molar refractivity (Wildman–Crippen MR) is 71.0 cm³/mol. The van der Waals surface area contributed by atoms with E-state index in [2.05, 4.69) is 45.9 Å². The van der Waals surface area contributed by atoms with Crippen LogP contribution in [0.25, 0.3) is 0 Å². The van der Waals surface area contributed by atoms with E-state index in [-0.39, 0.29) is 0 Å². The van der Waals surface area contributed by atoms with Gasteiger partial charge in [0.25, 0.3) is 0 Å². The first kappa shape index (κ1) is 11.7. The first-order valence-corrected chi connectivity index (χ1v) is 6.64. The van der Waals surface area contributed by atoms with Gasteiger partial charge in [0, 0.05) is 0 Å². The van der Waals surface area contributed by atoms with Gasteiger partial charge in [-0.3, -0.25) is 0 Å². The molecule has 0 saturated heterocycles. The van der Waals surface area contributed by atoms with Crippen molar-refractivity contribution in [3.05, 3.63) is 34.9 Å². The molecule has 0 aromatic heterocycles. The summed E-state index contributed by atoms with van der Waals surface area (Å²) in [7, 11) is 0. The van der Waals surface area contributed by atoms with Crippen LogP contribution in [0, 0.1) is 5.41 Å². The molecule has 1 aliphatic carbocycles. The zero-order valence-electron chi connectivity index (χ0n) is 11.1. The Morgan fingerprint density at radius 2 is 2.00 bits per heavy atom. The Balaban J connectivity index is 2.43. The van der Waals surface area contributed by atoms with Crippen LogP contribution in [-0.2, 0) is 12.8 Å². The molecule has 1 aromatic carbocycles. The molecular weight excluding hydrogens is 192 g/mol. The SMILES string of the molecule is CCc1ccc2c(c1)C(C(C)(C)C)CCC2. The predicted octanol–water partition coefficient (Wildman–Crippen LogP) is 4.72. The lowest BCUT2D eigenvalue weighted by Crippen LogP contribution is -2.23. The van der Waals surface area contributed by atoms with E-state index in [9.17, 15) is 0 Å². The Bertz CT molecular complexity index is 368. The van der Waals surface area contributed by atoms with Gasteiger partial charge in [-0.25, -0.2) is 0 Å². The first-order chi connectivity index (χ1) is 7.52. The molecule has 0 amide bonds. The standard InChI is InChI=1S/C16H24/c1-5-12-9-10-13-7-6-8-15(14(13)11-12)16(2,3)4/h9-11,15H,5-8H2,1-4H3. The van der Waals surface area contributed by atoms with Crippen molar-refractivity contribution in [3.63, 3.8) is 0 Å². The second-order valence-electron chi connectivity index (χ2n) is 6.20. The van der Waals surface area contributed by atoms with E-state index in [0.29, 0.717) is 5.41 Å². The maximum absolute atomic E-state index is 2.46. The molecule has 0 spiro atoms. The fraction of sp³-hybridized carbons (Fsp3) is 0.625. The minimum atomic E-state index is 0.404. The molecule has 0 fully saturated rings. The van der Waals surface area contributed by atoms with Crippen molar-refractivity contribution in [2.75, 3.05) is 0 Å². The molecule has 0 radical (unpaired) electrons. The molecule has 1 unspecified atom stereocenters. The molecule has 0 N–H and O–H groups in total. The summed E-state index contributed by atoms with van der Waals surface area (Å²) in [5.41, 5.74) is 5.14. The van der Waals surface area contributed by atoms with Crippen molar-refractivity contribution >= 4 is 0 Å². The van der Waals surface area contributed by atoms with Crippen LogP contribution in [0.2, 0.25) is 0 Å². The van der Waals surface area contributed by atoms with Gasteiger partial charge in [0.05, 0.1) is 0 Å². The van der Waals surface area contributed by atoms with Gasteiger partial charge in [0.15, 0.2) is 0 Å². The summed E-state index contributed by atoms with van der Waals surface area (Å²) in [6, 6.07) is 7.14. The van der Waals surface area contributed by atoms with E-state index in [4.69, 9.17) is 0 Å². The molecule has 0 saturated carbocycles. The van der Waals surface area contributed by atoms with E-state index in [1.165, 1.54) is 24.8 Å². The van der Waals surface area contributed by atoms with Gasteiger partial charge in [0.1, 0.15) is 0 Å². The Hall–Kier alpha value is -0.780. The third-order valence-electron chi connectivity index (χ3n) is 3.98. The van der Waals surface area contributed by atoms with Crippen LogP contribution in [0.1, 0.15) is 63.1 Å². The molecule has 2 rings (SSSR count). The molecule has 0 bridgehead atoms. The van der Waals surface area contributed by atoms with Crippen LogP contribution in [0.15, 0.2) is 18.2 Å². The number of rotatable bonds is 1. The van der Waals surface area contributed by atoms with E-state index in [1.54, 1.807) is 11.1 Å². The maximum atomic E-state index is 2.46. The highest BCUT2D eigenvalue weighted by Gasteiger charge is 2.30. The monoisotopic (exact) mass is 216 g/mol. The third-order valence-corrected chi connectivity index (χ3v) is 3.98. The number of hydrogen-bond acceptors (Lipinski definition) is 0. The summed E-state index contributed by atoms with van der Waals surface area (Å²) in [4.78, 5) is 0. The molecular formula is C16H24. The van der Waals surface area contributed by atoms with Crippen LogP contribution >= 0.6 is 0 Å². The van der Waals surface area contributed by atoms with Crippen LogP contribution in [-0.4, -0.2) is 0 Å². The summed E-state index contributed by atoms with van der Waals surface area (Å²) < 4.78 is 0. The van der Waals surface area contributed by atoms with Crippen molar-refractivity contribution in [2.24, 2.45) is 5.41 Å². The minimum absolute atomic E-state index is 0.404. The van der Waals surface area contributed by atoms with Crippen molar-refractivity contribution in [1.29, 1.82) is 0 Å². The van der Waals surface area contributed by atoms with Gasteiger partial charge in [0.2, 0.25) is 0 Å². The third kappa shape index (κ3) is 2.16. The Labute approximate surface area is 100 Å². The normalized spacial score (nSPS) is 20.6. The summed E-state index contributed by atoms with van der Waals surface area (Å²) in [6.45, 7) is 9.39. The Kier molecular flexibility index (Phi) is 3.10. The van der Waals surface area contributed by atoms with Crippen LogP contribution < -0.4 is 0 Å². The summed E-state index contributed by atoms with van der Waals surface area (Å²) in [5.74, 6) is 0.753. The number of fused-ring (bicyclic) bond motifs is 1.